The summed E-state index contributed by atoms with van der Waals surface area (Å²) in [6, 6.07) is 19.7. The average Bonchev–Trinajstić information content (AvgIpc) is 3.08. The summed E-state index contributed by atoms with van der Waals surface area (Å²) in [5.41, 5.74) is 18.9. The van der Waals surface area contributed by atoms with Crippen LogP contribution in [0.25, 0.3) is 20.9 Å². The van der Waals surface area contributed by atoms with Gasteiger partial charge in [0.15, 0.2) is 11.8 Å². The molecule has 0 aliphatic carbocycles. The number of hydrogen-bond donors (Lipinski definition) is 2. The van der Waals surface area contributed by atoms with E-state index in [0.717, 1.165) is 36.8 Å². The zero-order chi connectivity index (χ0) is 33.8. The Hall–Kier alpha value is -2.98. The first kappa shape index (κ1) is 48.9. The second-order valence-corrected chi connectivity index (χ2v) is 8.40. The minimum absolute atomic E-state index is 0. The first-order valence-corrected chi connectivity index (χ1v) is 14.6. The Morgan fingerprint density at radius 3 is 1.22 bits per heavy atom. The van der Waals surface area contributed by atoms with Crippen molar-refractivity contribution in [3.05, 3.63) is 114 Å². The van der Waals surface area contributed by atoms with Crippen LogP contribution >= 0.6 is 0 Å². The molecule has 0 spiro atoms. The van der Waals surface area contributed by atoms with Crippen molar-refractivity contribution >= 4 is 11.8 Å². The van der Waals surface area contributed by atoms with E-state index in [1.165, 1.54) is 0 Å². The Kier molecular flexibility index (Phi) is 42.4. The number of carbonyl (C=O) groups excluding carboxylic acids is 2. The van der Waals surface area contributed by atoms with Crippen LogP contribution in [-0.4, -0.2) is 24.3 Å². The monoisotopic (exact) mass is 700 g/mol. The summed E-state index contributed by atoms with van der Waals surface area (Å²) in [6.45, 7) is 13.6. The molecule has 2 rings (SSSR count). The van der Waals surface area contributed by atoms with E-state index >= 15 is 0 Å². The van der Waals surface area contributed by atoms with Crippen molar-refractivity contribution in [1.82, 2.24) is 10.6 Å². The Bertz CT molecular complexity index is 940. The molecule has 0 aromatic heterocycles. The van der Waals surface area contributed by atoms with Gasteiger partial charge in [0.25, 0.3) is 0 Å². The second-order valence-electron chi connectivity index (χ2n) is 8.40. The first-order chi connectivity index (χ1) is 21.3. The molecular weight excluding hydrogens is 649 g/mol. The Morgan fingerprint density at radius 2 is 1.02 bits per heavy atom. The number of nitrogens with zero attached hydrogens (tertiary/aromatic N) is 6. The van der Waals surface area contributed by atoms with Crippen LogP contribution < -0.4 is 10.6 Å². The number of rotatable bonds is 14. The molecule has 2 amide bonds. The van der Waals surface area contributed by atoms with Crippen molar-refractivity contribution in [1.29, 1.82) is 0 Å². The van der Waals surface area contributed by atoms with Gasteiger partial charge in [0, 0.05) is 22.7 Å². The topological polar surface area (TPSA) is 174 Å². The van der Waals surface area contributed by atoms with Crippen LogP contribution in [0, 0.1) is 21.0 Å². The molecule has 2 unspecified atom stereocenters. The number of ether oxygens (including phenoxy) is 2. The largest absolute Gasteiger partial charge is 3.00 e. The Balaban J connectivity index is -0.000000262. The van der Waals surface area contributed by atoms with Crippen molar-refractivity contribution in [2.24, 2.45) is 10.2 Å². The third kappa shape index (κ3) is 33.8. The number of azide groups is 2. The predicted octanol–water partition coefficient (Wildman–Crippen LogP) is 8.73. The molecule has 246 valence electrons. The zero-order valence-corrected chi connectivity index (χ0v) is 30.4. The van der Waals surface area contributed by atoms with Crippen LogP contribution in [-0.2, 0) is 65.0 Å². The molecule has 0 bridgehead atoms. The SMILES string of the molecule is CCCC(N=[N+]=[N-])OCc1ccccc1.CCCC(N=[N+]=[N-])OCc1ccccc1.[CH2-]C.[CH2-]NC(=O)CC.[CH2-]NC(=O)CC.[Y+3]. The van der Waals surface area contributed by atoms with Crippen LogP contribution in [0.4, 0.5) is 0 Å². The van der Waals surface area contributed by atoms with Crippen molar-refractivity contribution in [2.45, 2.75) is 98.8 Å². The van der Waals surface area contributed by atoms with Gasteiger partial charge < -0.3 is 27.0 Å². The van der Waals surface area contributed by atoms with E-state index in [0.29, 0.717) is 26.1 Å². The third-order valence-electron chi connectivity index (χ3n) is 5.04. The van der Waals surface area contributed by atoms with E-state index in [-0.39, 0.29) is 57.0 Å². The molecular formula is C32H51N8O4Y. The molecule has 0 saturated heterocycles. The van der Waals surface area contributed by atoms with Crippen molar-refractivity contribution < 1.29 is 51.8 Å². The van der Waals surface area contributed by atoms with E-state index in [4.69, 9.17) is 20.5 Å². The minimum atomic E-state index is -0.347. The van der Waals surface area contributed by atoms with E-state index in [2.05, 4.69) is 51.7 Å². The van der Waals surface area contributed by atoms with Gasteiger partial charge in [-0.1, -0.05) is 111 Å². The van der Waals surface area contributed by atoms with E-state index < -0.39 is 0 Å². The molecule has 12 nitrogen and oxygen atoms in total. The molecule has 0 aliphatic heterocycles. The van der Waals surface area contributed by atoms with Gasteiger partial charge in [-0.05, 0) is 35.0 Å². The van der Waals surface area contributed by atoms with Crippen LogP contribution in [0.3, 0.4) is 0 Å². The van der Waals surface area contributed by atoms with Crippen molar-refractivity contribution in [3.8, 4) is 0 Å². The van der Waals surface area contributed by atoms with Gasteiger partial charge >= 0.3 is 32.7 Å². The van der Waals surface area contributed by atoms with E-state index in [1.54, 1.807) is 20.8 Å². The third-order valence-corrected chi connectivity index (χ3v) is 5.04. The number of amides is 2. The maximum absolute atomic E-state index is 10.0. The maximum Gasteiger partial charge on any atom is 3.00 e. The van der Waals surface area contributed by atoms with Crippen molar-refractivity contribution in [2.75, 3.05) is 0 Å². The second kappa shape index (κ2) is 39.0. The fourth-order valence-electron chi connectivity index (χ4n) is 2.74. The summed E-state index contributed by atoms with van der Waals surface area (Å²) >= 11 is 0. The molecule has 0 saturated carbocycles. The molecule has 2 atom stereocenters. The smallest absolute Gasteiger partial charge is 0.508 e. The summed E-state index contributed by atoms with van der Waals surface area (Å²) in [5.74, 6) is -0.0370. The van der Waals surface area contributed by atoms with Gasteiger partial charge in [0.2, 0.25) is 0 Å². The van der Waals surface area contributed by atoms with Gasteiger partial charge in [-0.25, -0.2) is 0 Å². The number of benzene rings is 2. The van der Waals surface area contributed by atoms with Gasteiger partial charge in [-0.15, -0.1) is 0 Å². The quantitative estimate of drug-likeness (QED) is 0.0868. The van der Waals surface area contributed by atoms with Crippen molar-refractivity contribution in [3.63, 3.8) is 0 Å². The van der Waals surface area contributed by atoms with Crippen LogP contribution in [0.2, 0.25) is 0 Å². The molecule has 2 aromatic rings. The van der Waals surface area contributed by atoms with E-state index in [9.17, 15) is 9.59 Å². The fourth-order valence-corrected chi connectivity index (χ4v) is 2.74. The van der Waals surface area contributed by atoms with Crippen LogP contribution in [0.15, 0.2) is 70.9 Å². The number of carbonyl (C=O) groups is 2. The average molecular weight is 701 g/mol. The van der Waals surface area contributed by atoms with Gasteiger partial charge in [-0.3, -0.25) is 23.7 Å². The molecule has 2 N–H and O–H groups in total. The van der Waals surface area contributed by atoms with Gasteiger partial charge in [-0.2, -0.15) is 6.92 Å². The molecule has 0 fully saturated rings. The first-order valence-electron chi connectivity index (χ1n) is 14.6. The zero-order valence-electron chi connectivity index (χ0n) is 27.6. The number of nitrogens with one attached hydrogen (secondary N) is 2. The molecule has 45 heavy (non-hydrogen) atoms. The standard InChI is InChI=1S/2C11H15N3O.2C4H8NO.C2H5.Y/c2*1-2-6-11(13-14-12)15-9-10-7-4-3-5-8-10;2*1-3-4(6)5-2;1-2;/h2*3-5,7-8,11H,2,6,9H2,1H3;2*2-3H2,1H3,(H,5,6);1H2,2H3;/q;;3*-1;+3. The normalized spacial score (nSPS) is 10.0. The maximum atomic E-state index is 10.0. The van der Waals surface area contributed by atoms with Gasteiger partial charge in [0.05, 0.1) is 13.2 Å². The molecule has 13 heteroatoms. The molecule has 0 aliphatic rings. The molecule has 0 heterocycles. The van der Waals surface area contributed by atoms with Gasteiger partial charge in [0.1, 0.15) is 12.5 Å². The number of hydrogen-bond acceptors (Lipinski definition) is 6. The summed E-state index contributed by atoms with van der Waals surface area (Å²) < 4.78 is 11.0. The molecule has 0 radical (unpaired) electrons. The Labute approximate surface area is 295 Å². The summed E-state index contributed by atoms with van der Waals surface area (Å²) in [4.78, 5) is 25.5. The Morgan fingerprint density at radius 1 is 0.711 bits per heavy atom. The predicted molar refractivity (Wildman–Crippen MR) is 177 cm³/mol. The summed E-state index contributed by atoms with van der Waals surface area (Å²) in [6.07, 6.45) is 3.75. The minimum Gasteiger partial charge on any atom is -0.508 e. The summed E-state index contributed by atoms with van der Waals surface area (Å²) in [7, 11) is 6.31. The fraction of sp³-hybridized carbons (Fsp3) is 0.469. The molecule has 2 aromatic carbocycles. The van der Waals surface area contributed by atoms with Crippen LogP contribution in [0.1, 0.15) is 84.3 Å². The summed E-state index contributed by atoms with van der Waals surface area (Å²) in [5, 5.41) is 11.6. The van der Waals surface area contributed by atoms with Crippen LogP contribution in [0.5, 0.6) is 0 Å². The van der Waals surface area contributed by atoms with E-state index in [1.807, 2.05) is 74.5 Å².